The number of quaternary nitrogens is 1. The van der Waals surface area contributed by atoms with Crippen molar-refractivity contribution < 1.29 is 32.9 Å². The SMILES string of the molecule is CC/C=C\C/C=C\C/C=C\C/C=C\CCCCCCCCCCCCCCCCCCC(=O)NC(COP(=O)(O)OCC[N+](C)(C)C)C(O)CCCCCCCCCCCCC. The van der Waals surface area contributed by atoms with E-state index in [4.69, 9.17) is 9.05 Å². The van der Waals surface area contributed by atoms with Crippen molar-refractivity contribution in [2.45, 2.75) is 244 Å². The largest absolute Gasteiger partial charge is 0.472 e. The number of unbranched alkanes of at least 4 members (excludes halogenated alkanes) is 26. The standard InChI is InChI=1S/C53H101N2O6P/c1-6-8-10-12-14-16-18-19-20-21-22-23-24-25-26-27-28-29-30-31-32-33-34-35-37-39-41-43-45-47-53(57)54-51(50-61-62(58,59)60-49-48-55(3,4)5)52(56)46-44-42-40-38-36-17-15-13-11-9-7-2/h8,10,14,16,19-20,22-23,51-52,56H,6-7,9,11-13,15,17-18,21,24-50H2,1-5H3,(H-,54,57,58,59)/p+1/b10-8-,16-14-,20-19-,23-22-. The molecule has 3 unspecified atom stereocenters. The molecule has 0 aliphatic heterocycles. The quantitative estimate of drug-likeness (QED) is 0.0243. The Morgan fingerprint density at radius 2 is 0.968 bits per heavy atom. The number of aliphatic hydroxyl groups excluding tert-OH is 1. The highest BCUT2D eigenvalue weighted by Crippen LogP contribution is 2.43. The van der Waals surface area contributed by atoms with Gasteiger partial charge in [-0.2, -0.15) is 0 Å². The maximum Gasteiger partial charge on any atom is 0.472 e. The summed E-state index contributed by atoms with van der Waals surface area (Å²) in [6, 6.07) is -0.759. The second-order valence-corrected chi connectivity index (χ2v) is 20.3. The van der Waals surface area contributed by atoms with Crippen LogP contribution in [-0.2, 0) is 18.4 Å². The Morgan fingerprint density at radius 1 is 0.565 bits per heavy atom. The van der Waals surface area contributed by atoms with Crippen LogP contribution in [0.25, 0.3) is 0 Å². The van der Waals surface area contributed by atoms with E-state index in [1.807, 2.05) is 21.1 Å². The summed E-state index contributed by atoms with van der Waals surface area (Å²) >= 11 is 0. The maximum absolute atomic E-state index is 12.9. The van der Waals surface area contributed by atoms with E-state index >= 15 is 0 Å². The number of hydrogen-bond acceptors (Lipinski definition) is 5. The van der Waals surface area contributed by atoms with Crippen LogP contribution in [0.1, 0.15) is 232 Å². The van der Waals surface area contributed by atoms with Crippen LogP contribution in [0.5, 0.6) is 0 Å². The van der Waals surface area contributed by atoms with Gasteiger partial charge in [0, 0.05) is 6.42 Å². The number of phosphoric ester groups is 1. The molecule has 0 saturated carbocycles. The summed E-state index contributed by atoms with van der Waals surface area (Å²) < 4.78 is 23.7. The van der Waals surface area contributed by atoms with Crippen molar-refractivity contribution in [2.75, 3.05) is 40.9 Å². The van der Waals surface area contributed by atoms with Gasteiger partial charge >= 0.3 is 7.82 Å². The van der Waals surface area contributed by atoms with E-state index in [0.717, 1.165) is 64.2 Å². The lowest BCUT2D eigenvalue weighted by Gasteiger charge is -2.26. The average molecular weight is 894 g/mol. The number of hydrogen-bond donors (Lipinski definition) is 3. The fourth-order valence-electron chi connectivity index (χ4n) is 7.51. The average Bonchev–Trinajstić information content (AvgIpc) is 3.23. The summed E-state index contributed by atoms with van der Waals surface area (Å²) in [5.74, 6) is -0.145. The second-order valence-electron chi connectivity index (χ2n) is 18.9. The minimum absolute atomic E-state index is 0.0746. The number of phosphoric acid groups is 1. The zero-order valence-corrected chi connectivity index (χ0v) is 42.3. The number of allylic oxidation sites excluding steroid dienone is 8. The number of rotatable bonds is 47. The van der Waals surface area contributed by atoms with Gasteiger partial charge < -0.3 is 19.8 Å². The molecule has 0 heterocycles. The third-order valence-corrected chi connectivity index (χ3v) is 12.6. The Labute approximate surface area is 384 Å². The normalized spacial score (nSPS) is 14.5. The van der Waals surface area contributed by atoms with E-state index in [2.05, 4.69) is 67.8 Å². The molecule has 0 saturated heterocycles. The van der Waals surface area contributed by atoms with E-state index in [0.29, 0.717) is 23.9 Å². The molecule has 364 valence electrons. The molecule has 0 aromatic carbocycles. The van der Waals surface area contributed by atoms with Crippen LogP contribution >= 0.6 is 7.82 Å². The third-order valence-electron chi connectivity index (χ3n) is 11.6. The number of likely N-dealkylation sites (N-methyl/N-ethyl adjacent to an activating group) is 1. The molecule has 1 amide bonds. The first-order valence-corrected chi connectivity index (χ1v) is 27.5. The van der Waals surface area contributed by atoms with E-state index in [9.17, 15) is 19.4 Å². The maximum atomic E-state index is 12.9. The van der Waals surface area contributed by atoms with E-state index < -0.39 is 20.0 Å². The lowest BCUT2D eigenvalue weighted by molar-refractivity contribution is -0.870. The van der Waals surface area contributed by atoms with Crippen LogP contribution in [-0.4, -0.2) is 73.4 Å². The van der Waals surface area contributed by atoms with Crippen LogP contribution in [0.3, 0.4) is 0 Å². The Kier molecular flexibility index (Phi) is 43.5. The summed E-state index contributed by atoms with van der Waals surface area (Å²) in [5, 5.41) is 14.0. The second kappa shape index (κ2) is 44.7. The third kappa shape index (κ3) is 46.5. The molecule has 9 heteroatoms. The van der Waals surface area contributed by atoms with Gasteiger partial charge in [0.05, 0.1) is 39.9 Å². The molecule has 0 aromatic heterocycles. The van der Waals surface area contributed by atoms with Gasteiger partial charge in [0.15, 0.2) is 0 Å². The van der Waals surface area contributed by atoms with Crippen molar-refractivity contribution >= 4 is 13.7 Å². The van der Waals surface area contributed by atoms with Crippen molar-refractivity contribution in [1.29, 1.82) is 0 Å². The number of carbonyl (C=O) groups excluding carboxylic acids is 1. The fraction of sp³-hybridized carbons (Fsp3) is 0.830. The molecule has 0 spiro atoms. The highest BCUT2D eigenvalue weighted by atomic mass is 31.2. The van der Waals surface area contributed by atoms with Crippen molar-refractivity contribution in [2.24, 2.45) is 0 Å². The molecule has 62 heavy (non-hydrogen) atoms. The van der Waals surface area contributed by atoms with E-state index in [1.165, 1.54) is 141 Å². The molecule has 3 atom stereocenters. The molecule has 3 N–H and O–H groups in total. The van der Waals surface area contributed by atoms with Crippen LogP contribution < -0.4 is 5.32 Å². The highest BCUT2D eigenvalue weighted by Gasteiger charge is 2.28. The summed E-state index contributed by atoms with van der Waals surface area (Å²) in [4.78, 5) is 23.2. The van der Waals surface area contributed by atoms with Crippen LogP contribution in [0, 0.1) is 0 Å². The molecule has 0 bridgehead atoms. The molecule has 0 radical (unpaired) electrons. The molecule has 0 aromatic rings. The number of nitrogens with one attached hydrogen (secondary N) is 1. The van der Waals surface area contributed by atoms with Crippen molar-refractivity contribution in [3.63, 3.8) is 0 Å². The van der Waals surface area contributed by atoms with Gasteiger partial charge in [-0.15, -0.1) is 0 Å². The smallest absolute Gasteiger partial charge is 0.391 e. The molecular formula is C53H102N2O6P+. The van der Waals surface area contributed by atoms with Crippen LogP contribution in [0.4, 0.5) is 0 Å². The molecule has 0 aliphatic carbocycles. The predicted octanol–water partition coefficient (Wildman–Crippen LogP) is 15.2. The summed E-state index contributed by atoms with van der Waals surface area (Å²) in [7, 11) is 1.62. The molecule has 0 fully saturated rings. The lowest BCUT2D eigenvalue weighted by atomic mass is 10.0. The number of aliphatic hydroxyl groups is 1. The minimum atomic E-state index is -4.31. The fourth-order valence-corrected chi connectivity index (χ4v) is 8.24. The number of carbonyl (C=O) groups is 1. The van der Waals surface area contributed by atoms with Gasteiger partial charge in [0.25, 0.3) is 0 Å². The van der Waals surface area contributed by atoms with Gasteiger partial charge in [-0.3, -0.25) is 13.8 Å². The first kappa shape index (κ1) is 60.5. The first-order valence-electron chi connectivity index (χ1n) is 26.0. The van der Waals surface area contributed by atoms with Crippen LogP contribution in [0.15, 0.2) is 48.6 Å². The zero-order chi connectivity index (χ0) is 45.7. The first-order chi connectivity index (χ1) is 30.0. The number of nitrogens with zero attached hydrogens (tertiary/aromatic N) is 1. The topological polar surface area (TPSA) is 105 Å². The van der Waals surface area contributed by atoms with E-state index in [-0.39, 0.29) is 19.1 Å². The summed E-state index contributed by atoms with van der Waals surface area (Å²) in [6.45, 7) is 4.77. The Morgan fingerprint density at radius 3 is 1.42 bits per heavy atom. The Hall–Kier alpha value is -1.54. The van der Waals surface area contributed by atoms with E-state index in [1.54, 1.807) is 0 Å². The zero-order valence-electron chi connectivity index (χ0n) is 41.4. The van der Waals surface area contributed by atoms with Gasteiger partial charge in [-0.25, -0.2) is 4.57 Å². The van der Waals surface area contributed by atoms with Gasteiger partial charge in [0.1, 0.15) is 13.2 Å². The lowest BCUT2D eigenvalue weighted by Crippen LogP contribution is -2.46. The minimum Gasteiger partial charge on any atom is -0.391 e. The van der Waals surface area contributed by atoms with Gasteiger partial charge in [-0.1, -0.05) is 223 Å². The molecular weight excluding hydrogens is 792 g/mol. The molecule has 8 nitrogen and oxygen atoms in total. The highest BCUT2D eigenvalue weighted by molar-refractivity contribution is 7.47. The molecule has 0 aliphatic rings. The Bertz CT molecular complexity index is 1150. The summed E-state index contributed by atoms with van der Waals surface area (Å²) in [5.41, 5.74) is 0. The monoisotopic (exact) mass is 894 g/mol. The van der Waals surface area contributed by atoms with Crippen molar-refractivity contribution in [1.82, 2.24) is 5.32 Å². The van der Waals surface area contributed by atoms with Crippen molar-refractivity contribution in [3.8, 4) is 0 Å². The van der Waals surface area contributed by atoms with Crippen molar-refractivity contribution in [3.05, 3.63) is 48.6 Å². The van der Waals surface area contributed by atoms with Crippen LogP contribution in [0.2, 0.25) is 0 Å². The van der Waals surface area contributed by atoms with Gasteiger partial charge in [0.2, 0.25) is 5.91 Å². The summed E-state index contributed by atoms with van der Waals surface area (Å²) in [6.07, 6.45) is 57.3. The van der Waals surface area contributed by atoms with Gasteiger partial charge in [-0.05, 0) is 51.4 Å². The number of amides is 1. The molecule has 0 rings (SSSR count). The predicted molar refractivity (Wildman–Crippen MR) is 267 cm³/mol. The Balaban J connectivity index is 4.05.